The molecule has 1 aliphatic rings. The molecular weight excluding hydrogens is 288 g/mol. The van der Waals surface area contributed by atoms with E-state index in [0.717, 1.165) is 34.5 Å². The van der Waals surface area contributed by atoms with Crippen LogP contribution in [0.1, 0.15) is 37.2 Å². The summed E-state index contributed by atoms with van der Waals surface area (Å²) in [5, 5.41) is 10.0. The maximum Gasteiger partial charge on any atom is 0.0885 e. The molecule has 1 heterocycles. The highest BCUT2D eigenvalue weighted by Crippen LogP contribution is 2.38. The molecule has 1 unspecified atom stereocenters. The Morgan fingerprint density at radius 3 is 2.88 bits per heavy atom. The minimum Gasteiger partial charge on any atom is -0.388 e. The van der Waals surface area contributed by atoms with Crippen LogP contribution in [0.3, 0.4) is 0 Å². The third-order valence-corrected chi connectivity index (χ3v) is 4.80. The summed E-state index contributed by atoms with van der Waals surface area (Å²) in [6.45, 7) is 2.84. The minimum atomic E-state index is -0.302. The van der Waals surface area contributed by atoms with Gasteiger partial charge in [0.1, 0.15) is 0 Å². The molecule has 0 saturated heterocycles. The van der Waals surface area contributed by atoms with E-state index in [1.807, 2.05) is 19.1 Å². The minimum absolute atomic E-state index is 0.302. The maximum absolute atomic E-state index is 10.0. The molecule has 1 aliphatic carbocycles. The number of rotatable bonds is 5. The molecule has 4 heteroatoms. The van der Waals surface area contributed by atoms with Crippen molar-refractivity contribution >= 4 is 27.3 Å². The Kier molecular flexibility index (Phi) is 4.41. The second kappa shape index (κ2) is 5.63. The summed E-state index contributed by atoms with van der Waals surface area (Å²) in [7, 11) is 0. The van der Waals surface area contributed by atoms with Crippen LogP contribution < -0.4 is 0 Å². The number of aliphatic hydroxyl groups is 1. The SMILES string of the molecule is CCOC1CC(CC(O)c2ccc(Br)s2)C1. The predicted octanol–water partition coefficient (Wildman–Crippen LogP) is 3.75. The summed E-state index contributed by atoms with van der Waals surface area (Å²) in [5.74, 6) is 0.632. The van der Waals surface area contributed by atoms with Gasteiger partial charge in [0.2, 0.25) is 0 Å². The fourth-order valence-electron chi connectivity index (χ4n) is 2.18. The molecule has 1 aromatic rings. The van der Waals surface area contributed by atoms with Crippen LogP contribution in [0, 0.1) is 5.92 Å². The number of hydrogen-bond donors (Lipinski definition) is 1. The van der Waals surface area contributed by atoms with E-state index in [1.165, 1.54) is 0 Å². The van der Waals surface area contributed by atoms with E-state index in [1.54, 1.807) is 11.3 Å². The van der Waals surface area contributed by atoms with Gasteiger partial charge in [0.15, 0.2) is 0 Å². The summed E-state index contributed by atoms with van der Waals surface area (Å²) in [4.78, 5) is 1.06. The Morgan fingerprint density at radius 2 is 2.31 bits per heavy atom. The maximum atomic E-state index is 10.0. The molecule has 1 atom stereocenters. The first-order valence-corrected chi connectivity index (χ1v) is 7.35. The zero-order valence-electron chi connectivity index (χ0n) is 9.36. The van der Waals surface area contributed by atoms with Crippen molar-refractivity contribution in [2.24, 2.45) is 5.92 Å². The van der Waals surface area contributed by atoms with Crippen LogP contribution in [-0.2, 0) is 4.74 Å². The average Bonchev–Trinajstić information content (AvgIpc) is 2.61. The summed E-state index contributed by atoms with van der Waals surface area (Å²) >= 11 is 5.03. The molecule has 90 valence electrons. The Balaban J connectivity index is 1.75. The highest BCUT2D eigenvalue weighted by Gasteiger charge is 2.31. The van der Waals surface area contributed by atoms with E-state index in [9.17, 15) is 5.11 Å². The van der Waals surface area contributed by atoms with Crippen LogP contribution in [0.2, 0.25) is 0 Å². The van der Waals surface area contributed by atoms with E-state index in [4.69, 9.17) is 4.74 Å². The van der Waals surface area contributed by atoms with Crippen molar-refractivity contribution in [2.45, 2.75) is 38.4 Å². The highest BCUT2D eigenvalue weighted by molar-refractivity contribution is 9.11. The highest BCUT2D eigenvalue weighted by atomic mass is 79.9. The van der Waals surface area contributed by atoms with Gasteiger partial charge in [-0.05, 0) is 60.2 Å². The van der Waals surface area contributed by atoms with E-state index in [-0.39, 0.29) is 6.10 Å². The lowest BCUT2D eigenvalue weighted by atomic mass is 9.78. The molecule has 0 bridgehead atoms. The summed E-state index contributed by atoms with van der Waals surface area (Å²) in [5.41, 5.74) is 0. The molecule has 1 aromatic heterocycles. The normalized spacial score (nSPS) is 26.4. The lowest BCUT2D eigenvalue weighted by Gasteiger charge is -2.35. The van der Waals surface area contributed by atoms with E-state index < -0.39 is 0 Å². The lowest BCUT2D eigenvalue weighted by molar-refractivity contribution is -0.0377. The van der Waals surface area contributed by atoms with Crippen molar-refractivity contribution in [1.29, 1.82) is 0 Å². The standard InChI is InChI=1S/C12H17BrO2S/c1-2-15-9-5-8(6-9)7-10(14)11-3-4-12(13)16-11/h3-4,8-10,14H,2,5-7H2,1H3. The fraction of sp³-hybridized carbons (Fsp3) is 0.667. The topological polar surface area (TPSA) is 29.5 Å². The van der Waals surface area contributed by atoms with Gasteiger partial charge in [-0.3, -0.25) is 0 Å². The third-order valence-electron chi connectivity index (χ3n) is 3.07. The summed E-state index contributed by atoms with van der Waals surface area (Å²) in [6.07, 6.45) is 3.23. The first kappa shape index (κ1) is 12.6. The first-order chi connectivity index (χ1) is 7.69. The monoisotopic (exact) mass is 304 g/mol. The van der Waals surface area contributed by atoms with Crippen molar-refractivity contribution in [2.75, 3.05) is 6.61 Å². The molecule has 0 radical (unpaired) electrons. The zero-order chi connectivity index (χ0) is 11.5. The predicted molar refractivity (Wildman–Crippen MR) is 69.7 cm³/mol. The van der Waals surface area contributed by atoms with Crippen molar-refractivity contribution in [3.8, 4) is 0 Å². The van der Waals surface area contributed by atoms with Gasteiger partial charge in [0, 0.05) is 11.5 Å². The Bertz CT molecular complexity index is 334. The van der Waals surface area contributed by atoms with Crippen LogP contribution in [0.25, 0.3) is 0 Å². The average molecular weight is 305 g/mol. The molecule has 1 saturated carbocycles. The molecule has 1 N–H and O–H groups in total. The quantitative estimate of drug-likeness (QED) is 0.898. The van der Waals surface area contributed by atoms with Gasteiger partial charge < -0.3 is 9.84 Å². The number of thiophene rings is 1. The van der Waals surface area contributed by atoms with Gasteiger partial charge >= 0.3 is 0 Å². The van der Waals surface area contributed by atoms with Gasteiger partial charge in [-0.2, -0.15) is 0 Å². The second-order valence-corrected chi connectivity index (χ2v) is 6.80. The molecule has 16 heavy (non-hydrogen) atoms. The van der Waals surface area contributed by atoms with Gasteiger partial charge in [0.05, 0.1) is 16.0 Å². The van der Waals surface area contributed by atoms with E-state index >= 15 is 0 Å². The molecule has 2 nitrogen and oxygen atoms in total. The Hall–Kier alpha value is 0.1000. The zero-order valence-corrected chi connectivity index (χ0v) is 11.8. The van der Waals surface area contributed by atoms with Gasteiger partial charge in [-0.15, -0.1) is 11.3 Å². The van der Waals surface area contributed by atoms with Gasteiger partial charge in [-0.1, -0.05) is 0 Å². The molecule has 2 rings (SSSR count). The van der Waals surface area contributed by atoms with Crippen molar-refractivity contribution in [3.63, 3.8) is 0 Å². The van der Waals surface area contributed by atoms with Crippen molar-refractivity contribution in [3.05, 3.63) is 20.8 Å². The van der Waals surface area contributed by atoms with Crippen LogP contribution in [0.4, 0.5) is 0 Å². The number of aliphatic hydroxyl groups excluding tert-OH is 1. The Morgan fingerprint density at radius 1 is 1.56 bits per heavy atom. The number of ether oxygens (including phenoxy) is 1. The van der Waals surface area contributed by atoms with E-state index in [0.29, 0.717) is 12.0 Å². The first-order valence-electron chi connectivity index (χ1n) is 5.74. The molecule has 0 aliphatic heterocycles. The molecule has 0 aromatic carbocycles. The smallest absolute Gasteiger partial charge is 0.0885 e. The molecule has 1 fully saturated rings. The van der Waals surface area contributed by atoms with Crippen LogP contribution in [0.15, 0.2) is 15.9 Å². The number of hydrogen-bond acceptors (Lipinski definition) is 3. The largest absolute Gasteiger partial charge is 0.388 e. The summed E-state index contributed by atoms with van der Waals surface area (Å²) < 4.78 is 6.60. The molecule has 0 amide bonds. The molecular formula is C12H17BrO2S. The third kappa shape index (κ3) is 3.06. The second-order valence-electron chi connectivity index (χ2n) is 4.31. The fourth-order valence-corrected chi connectivity index (χ4v) is 3.60. The van der Waals surface area contributed by atoms with Gasteiger partial charge in [-0.25, -0.2) is 0 Å². The van der Waals surface area contributed by atoms with Gasteiger partial charge in [0.25, 0.3) is 0 Å². The van der Waals surface area contributed by atoms with E-state index in [2.05, 4.69) is 15.9 Å². The summed E-state index contributed by atoms with van der Waals surface area (Å²) in [6, 6.07) is 3.99. The van der Waals surface area contributed by atoms with Crippen molar-refractivity contribution in [1.82, 2.24) is 0 Å². The van der Waals surface area contributed by atoms with Crippen LogP contribution in [0.5, 0.6) is 0 Å². The molecule has 0 spiro atoms. The van der Waals surface area contributed by atoms with Crippen LogP contribution >= 0.6 is 27.3 Å². The lowest BCUT2D eigenvalue weighted by Crippen LogP contribution is -2.32. The number of halogens is 1. The van der Waals surface area contributed by atoms with Crippen LogP contribution in [-0.4, -0.2) is 17.8 Å². The Labute approximate surface area is 109 Å². The van der Waals surface area contributed by atoms with Crippen molar-refractivity contribution < 1.29 is 9.84 Å².